The molecule has 18 heavy (non-hydrogen) atoms. The Bertz CT molecular complexity index is 618. The van der Waals surface area contributed by atoms with Gasteiger partial charge in [0.2, 0.25) is 0 Å². The second-order valence-electron chi connectivity index (χ2n) is 3.34. The van der Waals surface area contributed by atoms with Gasteiger partial charge in [-0.1, -0.05) is 0 Å². The van der Waals surface area contributed by atoms with Crippen molar-refractivity contribution < 1.29 is 9.72 Å². The first kappa shape index (κ1) is 12.2. The van der Waals surface area contributed by atoms with Crippen LogP contribution >= 0.6 is 15.9 Å². The predicted molar refractivity (Wildman–Crippen MR) is 63.5 cm³/mol. The molecule has 0 saturated carbocycles. The van der Waals surface area contributed by atoms with Crippen molar-refractivity contribution in [2.45, 2.75) is 0 Å². The third-order valence-electron chi connectivity index (χ3n) is 2.00. The first-order chi connectivity index (χ1) is 8.47. The SMILES string of the molecule is Cn1cc(Br)c(C(=O)Nn2cc([N+](=O)[O-])cn2)n1. The molecular formula is C8H7BrN6O3. The highest BCUT2D eigenvalue weighted by molar-refractivity contribution is 9.10. The van der Waals surface area contributed by atoms with Crippen LogP contribution in [0.3, 0.4) is 0 Å². The number of hydrogen-bond donors (Lipinski definition) is 1. The van der Waals surface area contributed by atoms with Crippen LogP contribution in [0, 0.1) is 10.1 Å². The number of rotatable bonds is 3. The standard InChI is InChI=1S/C8H7BrN6O3/c1-13-4-6(9)7(11-13)8(16)12-14-3-5(2-10-14)15(17)18/h2-4H,1H3,(H,12,16). The van der Waals surface area contributed by atoms with E-state index >= 15 is 0 Å². The number of amides is 1. The van der Waals surface area contributed by atoms with Crippen LogP contribution in [0.4, 0.5) is 5.69 Å². The molecule has 0 saturated heterocycles. The van der Waals surface area contributed by atoms with Crippen molar-refractivity contribution in [3.63, 3.8) is 0 Å². The Kier molecular flexibility index (Phi) is 3.10. The number of nitro groups is 1. The zero-order chi connectivity index (χ0) is 13.3. The van der Waals surface area contributed by atoms with E-state index in [-0.39, 0.29) is 11.4 Å². The molecule has 0 spiro atoms. The fourth-order valence-corrected chi connectivity index (χ4v) is 1.79. The van der Waals surface area contributed by atoms with Gasteiger partial charge in [-0.2, -0.15) is 15.0 Å². The van der Waals surface area contributed by atoms with E-state index in [9.17, 15) is 14.9 Å². The van der Waals surface area contributed by atoms with E-state index in [2.05, 4.69) is 31.6 Å². The second-order valence-corrected chi connectivity index (χ2v) is 4.19. The minimum absolute atomic E-state index is 0.163. The Labute approximate surface area is 109 Å². The van der Waals surface area contributed by atoms with Crippen molar-refractivity contribution in [2.75, 3.05) is 5.43 Å². The Morgan fingerprint density at radius 1 is 1.56 bits per heavy atom. The van der Waals surface area contributed by atoms with Gasteiger partial charge in [0.1, 0.15) is 12.4 Å². The van der Waals surface area contributed by atoms with Gasteiger partial charge in [0.25, 0.3) is 5.91 Å². The Morgan fingerprint density at radius 3 is 2.78 bits per heavy atom. The number of carbonyl (C=O) groups excluding carboxylic acids is 1. The molecule has 1 N–H and O–H groups in total. The molecule has 10 heteroatoms. The summed E-state index contributed by atoms with van der Waals surface area (Å²) in [5.74, 6) is -0.527. The molecule has 2 rings (SSSR count). The summed E-state index contributed by atoms with van der Waals surface area (Å²) >= 11 is 3.18. The lowest BCUT2D eigenvalue weighted by Crippen LogP contribution is -2.24. The fraction of sp³-hybridized carbons (Fsp3) is 0.125. The second kappa shape index (κ2) is 4.56. The Balaban J connectivity index is 2.16. The van der Waals surface area contributed by atoms with Gasteiger partial charge in [-0.15, -0.1) is 0 Å². The van der Waals surface area contributed by atoms with Crippen LogP contribution in [0.1, 0.15) is 10.5 Å². The van der Waals surface area contributed by atoms with Crippen LogP contribution in [0.2, 0.25) is 0 Å². The van der Waals surface area contributed by atoms with E-state index in [0.29, 0.717) is 4.47 Å². The molecule has 1 amide bonds. The molecule has 0 aliphatic carbocycles. The molecule has 0 bridgehead atoms. The van der Waals surface area contributed by atoms with Crippen molar-refractivity contribution in [1.82, 2.24) is 19.7 Å². The minimum Gasteiger partial charge on any atom is -0.274 e. The number of aryl methyl sites for hydroxylation is 1. The molecule has 2 heterocycles. The molecule has 2 aromatic heterocycles. The van der Waals surface area contributed by atoms with Gasteiger partial charge in [-0.05, 0) is 15.9 Å². The van der Waals surface area contributed by atoms with Gasteiger partial charge in [0.15, 0.2) is 5.69 Å². The highest BCUT2D eigenvalue weighted by Crippen LogP contribution is 2.14. The fourth-order valence-electron chi connectivity index (χ4n) is 1.24. The van der Waals surface area contributed by atoms with Crippen molar-refractivity contribution in [3.05, 3.63) is 38.9 Å². The highest BCUT2D eigenvalue weighted by Gasteiger charge is 2.16. The lowest BCUT2D eigenvalue weighted by molar-refractivity contribution is -0.384. The van der Waals surface area contributed by atoms with Crippen LogP contribution in [0.25, 0.3) is 0 Å². The van der Waals surface area contributed by atoms with Gasteiger partial charge in [-0.3, -0.25) is 19.6 Å². The molecule has 0 radical (unpaired) electrons. The quantitative estimate of drug-likeness (QED) is 0.661. The summed E-state index contributed by atoms with van der Waals surface area (Å²) < 4.78 is 1.98. The largest absolute Gasteiger partial charge is 0.309 e. The molecule has 0 atom stereocenters. The summed E-state index contributed by atoms with van der Waals surface area (Å²) in [7, 11) is 1.67. The number of aromatic nitrogens is 4. The third kappa shape index (κ3) is 2.37. The van der Waals surface area contributed by atoms with Gasteiger partial charge in [-0.25, -0.2) is 5.43 Å². The molecule has 9 nitrogen and oxygen atoms in total. The topological polar surface area (TPSA) is 108 Å². The molecule has 94 valence electrons. The number of halogens is 1. The lowest BCUT2D eigenvalue weighted by Gasteiger charge is -2.01. The van der Waals surface area contributed by atoms with E-state index in [1.807, 2.05) is 0 Å². The van der Waals surface area contributed by atoms with E-state index < -0.39 is 10.8 Å². The van der Waals surface area contributed by atoms with Crippen LogP contribution in [0.5, 0.6) is 0 Å². The molecule has 0 aliphatic rings. The molecule has 0 fully saturated rings. The molecule has 2 aromatic rings. The molecule has 0 aromatic carbocycles. The van der Waals surface area contributed by atoms with E-state index in [1.165, 1.54) is 4.68 Å². The van der Waals surface area contributed by atoms with Gasteiger partial charge >= 0.3 is 5.69 Å². The third-order valence-corrected chi connectivity index (χ3v) is 2.58. The van der Waals surface area contributed by atoms with Crippen LogP contribution < -0.4 is 5.43 Å². The zero-order valence-corrected chi connectivity index (χ0v) is 10.7. The van der Waals surface area contributed by atoms with Crippen LogP contribution in [-0.2, 0) is 7.05 Å². The summed E-state index contributed by atoms with van der Waals surface area (Å²) in [6.45, 7) is 0. The number of hydrogen-bond acceptors (Lipinski definition) is 5. The van der Waals surface area contributed by atoms with Crippen molar-refractivity contribution in [2.24, 2.45) is 7.05 Å². The monoisotopic (exact) mass is 314 g/mol. The predicted octanol–water partition coefficient (Wildman–Crippen LogP) is 0.671. The van der Waals surface area contributed by atoms with Gasteiger partial charge in [0, 0.05) is 13.2 Å². The minimum atomic E-state index is -0.605. The number of carbonyl (C=O) groups is 1. The first-order valence-electron chi connectivity index (χ1n) is 4.67. The van der Waals surface area contributed by atoms with Crippen molar-refractivity contribution >= 4 is 27.5 Å². The van der Waals surface area contributed by atoms with E-state index in [0.717, 1.165) is 17.2 Å². The van der Waals surface area contributed by atoms with Gasteiger partial charge in [0.05, 0.1) is 9.40 Å². The normalized spacial score (nSPS) is 10.3. The number of nitrogens with one attached hydrogen (secondary N) is 1. The van der Waals surface area contributed by atoms with Crippen molar-refractivity contribution in [1.29, 1.82) is 0 Å². The average Bonchev–Trinajstić information content (AvgIpc) is 2.85. The maximum Gasteiger partial charge on any atom is 0.309 e. The summed E-state index contributed by atoms with van der Waals surface area (Å²) in [6.07, 6.45) is 3.74. The first-order valence-corrected chi connectivity index (χ1v) is 5.46. The number of nitrogens with zero attached hydrogens (tertiary/aromatic N) is 5. The van der Waals surface area contributed by atoms with E-state index in [1.54, 1.807) is 13.2 Å². The summed E-state index contributed by atoms with van der Waals surface area (Å²) in [5, 5.41) is 18.0. The maximum atomic E-state index is 11.8. The van der Waals surface area contributed by atoms with Gasteiger partial charge < -0.3 is 0 Å². The average molecular weight is 315 g/mol. The van der Waals surface area contributed by atoms with Crippen LogP contribution in [-0.4, -0.2) is 30.5 Å². The van der Waals surface area contributed by atoms with E-state index in [4.69, 9.17) is 0 Å². The Hall–Kier alpha value is -2.23. The smallest absolute Gasteiger partial charge is 0.274 e. The summed E-state index contributed by atoms with van der Waals surface area (Å²) in [5.41, 5.74) is 2.29. The maximum absolute atomic E-state index is 11.8. The highest BCUT2D eigenvalue weighted by atomic mass is 79.9. The Morgan fingerprint density at radius 2 is 2.28 bits per heavy atom. The summed E-state index contributed by atoms with van der Waals surface area (Å²) in [6, 6.07) is 0. The molecular weight excluding hydrogens is 308 g/mol. The molecule has 0 unspecified atom stereocenters. The summed E-state index contributed by atoms with van der Waals surface area (Å²) in [4.78, 5) is 22.6. The van der Waals surface area contributed by atoms with Crippen LogP contribution in [0.15, 0.2) is 23.1 Å². The molecule has 0 aliphatic heterocycles. The lowest BCUT2D eigenvalue weighted by atomic mass is 10.4. The van der Waals surface area contributed by atoms with Crippen molar-refractivity contribution in [3.8, 4) is 0 Å². The zero-order valence-electron chi connectivity index (χ0n) is 9.07.